The number of para-hydroxylation sites is 2. The highest BCUT2D eigenvalue weighted by atomic mass is 16.5. The van der Waals surface area contributed by atoms with Crippen molar-refractivity contribution in [2.75, 3.05) is 6.61 Å². The second-order valence-corrected chi connectivity index (χ2v) is 6.81. The number of hydrogen-bond donors (Lipinski definition) is 0. The number of nitrogens with zero attached hydrogens (tertiary/aromatic N) is 2. The van der Waals surface area contributed by atoms with Crippen LogP contribution in [0.1, 0.15) is 42.2 Å². The first-order valence-electron chi connectivity index (χ1n) is 9.82. The van der Waals surface area contributed by atoms with E-state index < -0.39 is 5.97 Å². The first-order valence-corrected chi connectivity index (χ1v) is 9.82. The van der Waals surface area contributed by atoms with E-state index in [0.29, 0.717) is 17.8 Å². The maximum Gasteiger partial charge on any atom is 0.306 e. The van der Waals surface area contributed by atoms with E-state index in [1.165, 1.54) is 0 Å². The van der Waals surface area contributed by atoms with Crippen LogP contribution in [-0.2, 0) is 22.5 Å². The lowest BCUT2D eigenvalue weighted by atomic mass is 10.1. The molecule has 0 fully saturated rings. The monoisotopic (exact) mass is 392 g/mol. The number of benzene rings is 2. The van der Waals surface area contributed by atoms with Gasteiger partial charge in [-0.2, -0.15) is 0 Å². The zero-order valence-electron chi connectivity index (χ0n) is 16.5. The Kier molecular flexibility index (Phi) is 6.89. The van der Waals surface area contributed by atoms with Crippen LogP contribution < -0.4 is 5.56 Å². The van der Waals surface area contributed by atoms with E-state index in [1.54, 1.807) is 28.8 Å². The molecule has 0 aliphatic heterocycles. The fourth-order valence-corrected chi connectivity index (χ4v) is 3.09. The number of ether oxygens (including phenoxy) is 1. The first kappa shape index (κ1) is 20.5. The summed E-state index contributed by atoms with van der Waals surface area (Å²) in [5.74, 6) is -0.784. The van der Waals surface area contributed by atoms with Crippen LogP contribution in [0, 0.1) is 0 Å². The van der Waals surface area contributed by atoms with Crippen molar-refractivity contribution < 1.29 is 14.3 Å². The summed E-state index contributed by atoms with van der Waals surface area (Å²) in [5.41, 5.74) is 2.18. The topological polar surface area (TPSA) is 78.3 Å². The second-order valence-electron chi connectivity index (χ2n) is 6.81. The molecule has 1 aromatic heterocycles. The van der Waals surface area contributed by atoms with Gasteiger partial charge in [0.15, 0.2) is 12.4 Å². The summed E-state index contributed by atoms with van der Waals surface area (Å²) >= 11 is 0. The molecule has 0 spiro atoms. The fraction of sp³-hybridized carbons (Fsp3) is 0.304. The van der Waals surface area contributed by atoms with Crippen LogP contribution in [0.15, 0.2) is 59.4 Å². The van der Waals surface area contributed by atoms with E-state index >= 15 is 0 Å². The molecule has 3 rings (SSSR count). The van der Waals surface area contributed by atoms with Crippen LogP contribution in [0.4, 0.5) is 0 Å². The molecule has 0 aliphatic rings. The lowest BCUT2D eigenvalue weighted by Crippen LogP contribution is -2.26. The van der Waals surface area contributed by atoms with Crippen LogP contribution in [0.3, 0.4) is 0 Å². The highest BCUT2D eigenvalue weighted by Crippen LogP contribution is 2.12. The molecule has 0 N–H and O–H groups in total. The van der Waals surface area contributed by atoms with Crippen molar-refractivity contribution in [3.63, 3.8) is 0 Å². The van der Waals surface area contributed by atoms with Crippen molar-refractivity contribution in [1.29, 1.82) is 0 Å². The number of hydrogen-bond acceptors (Lipinski definition) is 5. The summed E-state index contributed by atoms with van der Waals surface area (Å²) in [6.07, 6.45) is 2.03. The second kappa shape index (κ2) is 9.78. The molecule has 0 atom stereocenters. The largest absolute Gasteiger partial charge is 0.457 e. The summed E-state index contributed by atoms with van der Waals surface area (Å²) in [6, 6.07) is 16.2. The summed E-state index contributed by atoms with van der Waals surface area (Å²) < 4.78 is 6.80. The standard InChI is InChI=1S/C23H24N2O4/c1-2-3-15-25-20-12-8-7-11-18(20)24-19(23(25)28)13-14-22(27)29-16-21(26)17-9-5-4-6-10-17/h4-12H,2-3,13-16H2,1H3. The Bertz CT molecular complexity index is 1060. The maximum absolute atomic E-state index is 12.8. The maximum atomic E-state index is 12.8. The number of unbranched alkanes of at least 4 members (excludes halogenated alkanes) is 1. The molecule has 6 heteroatoms. The van der Waals surface area contributed by atoms with Gasteiger partial charge in [0.05, 0.1) is 17.5 Å². The minimum Gasteiger partial charge on any atom is -0.457 e. The van der Waals surface area contributed by atoms with Gasteiger partial charge in [-0.05, 0) is 18.6 Å². The molecule has 0 unspecified atom stereocenters. The number of ketones is 1. The predicted molar refractivity (Wildman–Crippen MR) is 111 cm³/mol. The molecule has 29 heavy (non-hydrogen) atoms. The van der Waals surface area contributed by atoms with E-state index in [0.717, 1.165) is 23.9 Å². The number of fused-ring (bicyclic) bond motifs is 1. The van der Waals surface area contributed by atoms with Crippen molar-refractivity contribution in [2.45, 2.75) is 39.2 Å². The minimum atomic E-state index is -0.524. The van der Waals surface area contributed by atoms with Gasteiger partial charge in [-0.25, -0.2) is 4.98 Å². The smallest absolute Gasteiger partial charge is 0.306 e. The molecule has 0 saturated carbocycles. The lowest BCUT2D eigenvalue weighted by Gasteiger charge is -2.12. The van der Waals surface area contributed by atoms with Crippen LogP contribution >= 0.6 is 0 Å². The molecule has 3 aromatic rings. The number of carbonyl (C=O) groups is 2. The molecular formula is C23H24N2O4. The van der Waals surface area contributed by atoms with E-state index in [4.69, 9.17) is 4.74 Å². The molecule has 0 saturated heterocycles. The normalized spacial score (nSPS) is 10.8. The molecule has 0 radical (unpaired) electrons. The summed E-state index contributed by atoms with van der Waals surface area (Å²) in [7, 11) is 0. The summed E-state index contributed by atoms with van der Waals surface area (Å²) in [6.45, 7) is 2.37. The molecule has 6 nitrogen and oxygen atoms in total. The van der Waals surface area contributed by atoms with E-state index in [1.807, 2.05) is 30.3 Å². The van der Waals surface area contributed by atoms with E-state index in [-0.39, 0.29) is 30.8 Å². The predicted octanol–water partition coefficient (Wildman–Crippen LogP) is 3.56. The Morgan fingerprint density at radius 3 is 2.52 bits per heavy atom. The van der Waals surface area contributed by atoms with Crippen LogP contribution in [0.25, 0.3) is 11.0 Å². The summed E-state index contributed by atoms with van der Waals surface area (Å²) in [5, 5.41) is 0. The lowest BCUT2D eigenvalue weighted by molar-refractivity contribution is -0.142. The van der Waals surface area contributed by atoms with Crippen LogP contribution in [0.5, 0.6) is 0 Å². The van der Waals surface area contributed by atoms with Crippen molar-refractivity contribution in [3.8, 4) is 0 Å². The third-order valence-electron chi connectivity index (χ3n) is 4.68. The highest BCUT2D eigenvalue weighted by molar-refractivity contribution is 5.97. The Morgan fingerprint density at radius 1 is 1.03 bits per heavy atom. The molecule has 2 aromatic carbocycles. The SMILES string of the molecule is CCCCn1c(=O)c(CCC(=O)OCC(=O)c2ccccc2)nc2ccccc21. The zero-order chi connectivity index (χ0) is 20.6. The van der Waals surface area contributed by atoms with E-state index in [9.17, 15) is 14.4 Å². The zero-order valence-corrected chi connectivity index (χ0v) is 16.5. The summed E-state index contributed by atoms with van der Waals surface area (Å²) in [4.78, 5) is 41.4. The van der Waals surface area contributed by atoms with Gasteiger partial charge in [-0.3, -0.25) is 14.4 Å². The minimum absolute atomic E-state index is 0.00354. The Labute approximate surface area is 169 Å². The molecular weight excluding hydrogens is 368 g/mol. The van der Waals surface area contributed by atoms with Gasteiger partial charge < -0.3 is 9.30 Å². The Balaban J connectivity index is 1.67. The Morgan fingerprint density at radius 2 is 1.76 bits per heavy atom. The fourth-order valence-electron chi connectivity index (χ4n) is 3.09. The van der Waals surface area contributed by atoms with Gasteiger partial charge in [-0.1, -0.05) is 55.8 Å². The van der Waals surface area contributed by atoms with Gasteiger partial charge in [0.25, 0.3) is 5.56 Å². The van der Waals surface area contributed by atoms with Gasteiger partial charge in [0.2, 0.25) is 0 Å². The number of aromatic nitrogens is 2. The average Bonchev–Trinajstić information content (AvgIpc) is 2.76. The average molecular weight is 392 g/mol. The van der Waals surface area contributed by atoms with Gasteiger partial charge in [0.1, 0.15) is 5.69 Å². The number of rotatable bonds is 9. The van der Waals surface area contributed by atoms with Crippen molar-refractivity contribution in [2.24, 2.45) is 0 Å². The third kappa shape index (κ3) is 5.16. The molecule has 0 bridgehead atoms. The van der Waals surface area contributed by atoms with Gasteiger partial charge >= 0.3 is 5.97 Å². The third-order valence-corrected chi connectivity index (χ3v) is 4.68. The first-order chi connectivity index (χ1) is 14.1. The molecule has 0 amide bonds. The number of carbonyl (C=O) groups excluding carboxylic acids is 2. The quantitative estimate of drug-likeness (QED) is 0.411. The van der Waals surface area contributed by atoms with Gasteiger partial charge in [0, 0.05) is 18.5 Å². The molecule has 150 valence electrons. The van der Waals surface area contributed by atoms with Crippen molar-refractivity contribution in [1.82, 2.24) is 9.55 Å². The van der Waals surface area contributed by atoms with Crippen molar-refractivity contribution >= 4 is 22.8 Å². The van der Waals surface area contributed by atoms with Crippen molar-refractivity contribution in [3.05, 3.63) is 76.2 Å². The number of aryl methyl sites for hydroxylation is 2. The highest BCUT2D eigenvalue weighted by Gasteiger charge is 2.14. The number of Topliss-reactive ketones (excluding diaryl/α,β-unsaturated/α-hetero) is 1. The van der Waals surface area contributed by atoms with Crippen LogP contribution in [-0.4, -0.2) is 27.9 Å². The Hall–Kier alpha value is -3.28. The van der Waals surface area contributed by atoms with E-state index in [2.05, 4.69) is 11.9 Å². The van der Waals surface area contributed by atoms with Gasteiger partial charge in [-0.15, -0.1) is 0 Å². The number of esters is 1. The molecule has 0 aliphatic carbocycles. The molecule has 1 heterocycles. The van der Waals surface area contributed by atoms with Crippen LogP contribution in [0.2, 0.25) is 0 Å².